The molecule has 1 aromatic rings. The van der Waals surface area contributed by atoms with E-state index in [0.717, 1.165) is 38.8 Å². The SMILES string of the molecule is O=C(O)C1CC(N2CCC(c3ccc([N+](=O)[O-])cc3)CC2)C1. The highest BCUT2D eigenvalue weighted by Gasteiger charge is 2.39. The fourth-order valence-corrected chi connectivity index (χ4v) is 3.55. The van der Waals surface area contributed by atoms with Crippen molar-refractivity contribution in [2.45, 2.75) is 37.6 Å². The van der Waals surface area contributed by atoms with Crippen LogP contribution >= 0.6 is 0 Å². The Bertz CT molecular complexity index is 558. The second-order valence-corrected chi connectivity index (χ2v) is 6.32. The molecule has 6 heteroatoms. The summed E-state index contributed by atoms with van der Waals surface area (Å²) in [5.74, 6) is -0.373. The molecule has 1 aliphatic heterocycles. The Morgan fingerprint density at radius 1 is 1.18 bits per heavy atom. The largest absolute Gasteiger partial charge is 0.481 e. The van der Waals surface area contributed by atoms with Crippen molar-refractivity contribution in [3.63, 3.8) is 0 Å². The first kappa shape index (κ1) is 15.0. The van der Waals surface area contributed by atoms with E-state index in [2.05, 4.69) is 4.90 Å². The number of carboxylic acids is 1. The zero-order valence-corrected chi connectivity index (χ0v) is 12.4. The summed E-state index contributed by atoms with van der Waals surface area (Å²) in [5, 5.41) is 19.6. The van der Waals surface area contributed by atoms with Gasteiger partial charge in [0.2, 0.25) is 0 Å². The number of nitrogens with zero attached hydrogens (tertiary/aromatic N) is 2. The first-order valence-corrected chi connectivity index (χ1v) is 7.76. The number of non-ortho nitro benzene ring substituents is 1. The van der Waals surface area contributed by atoms with Crippen LogP contribution in [0.1, 0.15) is 37.2 Å². The van der Waals surface area contributed by atoms with Crippen LogP contribution in [0.25, 0.3) is 0 Å². The zero-order valence-electron chi connectivity index (χ0n) is 12.4. The number of rotatable bonds is 4. The van der Waals surface area contributed by atoms with Gasteiger partial charge < -0.3 is 10.0 Å². The Hall–Kier alpha value is -1.95. The van der Waals surface area contributed by atoms with E-state index >= 15 is 0 Å². The molecule has 0 radical (unpaired) electrons. The van der Waals surface area contributed by atoms with Gasteiger partial charge in [-0.2, -0.15) is 0 Å². The van der Waals surface area contributed by atoms with Gasteiger partial charge in [-0.15, -0.1) is 0 Å². The molecule has 2 fully saturated rings. The molecular weight excluding hydrogens is 284 g/mol. The number of nitro groups is 1. The Kier molecular flexibility index (Phi) is 4.11. The first-order valence-electron chi connectivity index (χ1n) is 7.76. The molecular formula is C16H20N2O4. The van der Waals surface area contributed by atoms with Crippen molar-refractivity contribution in [2.24, 2.45) is 5.92 Å². The molecule has 3 rings (SSSR count). The van der Waals surface area contributed by atoms with Gasteiger partial charge in [-0.1, -0.05) is 12.1 Å². The summed E-state index contributed by atoms with van der Waals surface area (Å²) in [6, 6.07) is 7.31. The van der Waals surface area contributed by atoms with Gasteiger partial charge >= 0.3 is 5.97 Å². The number of benzene rings is 1. The molecule has 1 heterocycles. The lowest BCUT2D eigenvalue weighted by Gasteiger charge is -2.44. The van der Waals surface area contributed by atoms with Gasteiger partial charge in [-0.3, -0.25) is 14.9 Å². The number of hydrogen-bond donors (Lipinski definition) is 1. The molecule has 22 heavy (non-hydrogen) atoms. The Labute approximate surface area is 128 Å². The van der Waals surface area contributed by atoms with E-state index in [-0.39, 0.29) is 16.5 Å². The normalized spacial score (nSPS) is 26.4. The second kappa shape index (κ2) is 6.04. The maximum atomic E-state index is 10.9. The molecule has 1 saturated heterocycles. The van der Waals surface area contributed by atoms with E-state index in [9.17, 15) is 14.9 Å². The lowest BCUT2D eigenvalue weighted by Crippen LogP contribution is -2.49. The third kappa shape index (κ3) is 2.97. The number of carboxylic acid groups (broad SMARTS) is 1. The molecule has 6 nitrogen and oxygen atoms in total. The molecule has 0 spiro atoms. The average molecular weight is 304 g/mol. The van der Waals surface area contributed by atoms with Crippen molar-refractivity contribution in [1.29, 1.82) is 0 Å². The van der Waals surface area contributed by atoms with Crippen LogP contribution in [0.2, 0.25) is 0 Å². The number of aliphatic carboxylic acids is 1. The summed E-state index contributed by atoms with van der Waals surface area (Å²) in [6.45, 7) is 1.97. The summed E-state index contributed by atoms with van der Waals surface area (Å²) in [5.41, 5.74) is 1.30. The molecule has 0 aromatic heterocycles. The van der Waals surface area contributed by atoms with Crippen molar-refractivity contribution >= 4 is 11.7 Å². The molecule has 118 valence electrons. The first-order chi connectivity index (χ1) is 10.5. The lowest BCUT2D eigenvalue weighted by atomic mass is 9.78. The van der Waals surface area contributed by atoms with Crippen LogP contribution in [-0.2, 0) is 4.79 Å². The highest BCUT2D eigenvalue weighted by Crippen LogP contribution is 2.36. The Morgan fingerprint density at radius 2 is 1.77 bits per heavy atom. The van der Waals surface area contributed by atoms with E-state index in [4.69, 9.17) is 5.11 Å². The smallest absolute Gasteiger partial charge is 0.306 e. The zero-order chi connectivity index (χ0) is 15.7. The summed E-state index contributed by atoms with van der Waals surface area (Å²) in [7, 11) is 0. The average Bonchev–Trinajstić information content (AvgIpc) is 2.46. The fraction of sp³-hybridized carbons (Fsp3) is 0.562. The minimum atomic E-state index is -0.669. The number of piperidine rings is 1. The van der Waals surface area contributed by atoms with Crippen molar-refractivity contribution in [3.05, 3.63) is 39.9 Å². The van der Waals surface area contributed by atoms with E-state index in [1.165, 1.54) is 5.56 Å². The Morgan fingerprint density at radius 3 is 2.27 bits per heavy atom. The van der Waals surface area contributed by atoms with Gasteiger partial charge in [0.05, 0.1) is 10.8 Å². The predicted octanol–water partition coefficient (Wildman–Crippen LogP) is 2.64. The van der Waals surface area contributed by atoms with Crippen molar-refractivity contribution < 1.29 is 14.8 Å². The summed E-state index contributed by atoms with van der Waals surface area (Å²) in [6.07, 6.45) is 3.62. The monoisotopic (exact) mass is 304 g/mol. The topological polar surface area (TPSA) is 83.7 Å². The van der Waals surface area contributed by atoms with Crippen LogP contribution in [0.3, 0.4) is 0 Å². The van der Waals surface area contributed by atoms with Crippen molar-refractivity contribution in [1.82, 2.24) is 4.90 Å². The van der Waals surface area contributed by atoms with Crippen LogP contribution in [-0.4, -0.2) is 40.0 Å². The molecule has 1 aromatic carbocycles. The molecule has 1 saturated carbocycles. The van der Waals surface area contributed by atoms with Gasteiger partial charge in [-0.25, -0.2) is 0 Å². The number of carbonyl (C=O) groups is 1. The highest BCUT2D eigenvalue weighted by atomic mass is 16.6. The summed E-state index contributed by atoms with van der Waals surface area (Å²) < 4.78 is 0. The van der Waals surface area contributed by atoms with Gasteiger partial charge in [0.15, 0.2) is 0 Å². The van der Waals surface area contributed by atoms with Gasteiger partial charge in [0, 0.05) is 18.2 Å². The van der Waals surface area contributed by atoms with Gasteiger partial charge in [0.25, 0.3) is 5.69 Å². The molecule has 1 N–H and O–H groups in total. The predicted molar refractivity (Wildman–Crippen MR) is 80.8 cm³/mol. The van der Waals surface area contributed by atoms with E-state index in [1.807, 2.05) is 12.1 Å². The minimum Gasteiger partial charge on any atom is -0.481 e. The molecule has 0 atom stereocenters. The van der Waals surface area contributed by atoms with Crippen LogP contribution in [0.4, 0.5) is 5.69 Å². The summed E-state index contributed by atoms with van der Waals surface area (Å²) in [4.78, 5) is 23.6. The minimum absolute atomic E-state index is 0.135. The molecule has 0 amide bonds. The Balaban J connectivity index is 1.51. The van der Waals surface area contributed by atoms with E-state index in [1.54, 1.807) is 12.1 Å². The standard InChI is InChI=1S/C16H20N2O4/c19-16(20)13-9-15(10-13)17-7-5-12(6-8-17)11-1-3-14(4-2-11)18(21)22/h1-4,12-13,15H,5-10H2,(H,19,20). The van der Waals surface area contributed by atoms with Gasteiger partial charge in [0.1, 0.15) is 0 Å². The highest BCUT2D eigenvalue weighted by molar-refractivity contribution is 5.71. The van der Waals surface area contributed by atoms with E-state index < -0.39 is 5.97 Å². The molecule has 1 aliphatic carbocycles. The van der Waals surface area contributed by atoms with Crippen molar-refractivity contribution in [3.8, 4) is 0 Å². The maximum Gasteiger partial charge on any atom is 0.306 e. The molecule has 0 bridgehead atoms. The molecule has 2 aliphatic rings. The quantitative estimate of drug-likeness (QED) is 0.683. The maximum absolute atomic E-state index is 10.9. The lowest BCUT2D eigenvalue weighted by molar-refractivity contribution is -0.384. The van der Waals surface area contributed by atoms with Crippen LogP contribution in [0.5, 0.6) is 0 Å². The number of likely N-dealkylation sites (tertiary alicyclic amines) is 1. The van der Waals surface area contributed by atoms with Crippen LogP contribution < -0.4 is 0 Å². The van der Waals surface area contributed by atoms with Crippen LogP contribution in [0, 0.1) is 16.0 Å². The third-order valence-corrected chi connectivity index (χ3v) is 5.08. The summed E-state index contributed by atoms with van der Waals surface area (Å²) >= 11 is 0. The number of nitro benzene ring substituents is 1. The molecule has 0 unspecified atom stereocenters. The van der Waals surface area contributed by atoms with Gasteiger partial charge in [-0.05, 0) is 50.3 Å². The van der Waals surface area contributed by atoms with Crippen molar-refractivity contribution in [2.75, 3.05) is 13.1 Å². The number of hydrogen-bond acceptors (Lipinski definition) is 4. The van der Waals surface area contributed by atoms with Crippen LogP contribution in [0.15, 0.2) is 24.3 Å². The second-order valence-electron chi connectivity index (χ2n) is 6.32. The third-order valence-electron chi connectivity index (χ3n) is 5.08. The van der Waals surface area contributed by atoms with E-state index in [0.29, 0.717) is 12.0 Å². The fourth-order valence-electron chi connectivity index (χ4n) is 3.55.